The number of rotatable bonds is 1. The third-order valence-corrected chi connectivity index (χ3v) is 3.85. The van der Waals surface area contributed by atoms with E-state index >= 15 is 0 Å². The van der Waals surface area contributed by atoms with E-state index < -0.39 is 0 Å². The molecule has 0 atom stereocenters. The van der Waals surface area contributed by atoms with E-state index in [1.54, 1.807) is 0 Å². The van der Waals surface area contributed by atoms with Crippen LogP contribution in [0.2, 0.25) is 0 Å². The number of aryl methyl sites for hydroxylation is 3. The average Bonchev–Trinajstić information content (AvgIpc) is 2.74. The Morgan fingerprint density at radius 1 is 1.06 bits per heavy atom. The van der Waals surface area contributed by atoms with Gasteiger partial charge in [-0.2, -0.15) is 0 Å². The number of aromatic nitrogens is 3. The maximum atomic E-state index is 4.67. The van der Waals surface area contributed by atoms with Gasteiger partial charge < -0.3 is 9.47 Å². The standard InChI is InChI=1S/C14H20N4/c1-10-12-14(17(3)9-15-12)13(11(2)16-10)18-7-5-4-6-8-18/h9H,4-8H2,1-3H3. The topological polar surface area (TPSA) is 34.0 Å². The van der Waals surface area contributed by atoms with Gasteiger partial charge in [0.15, 0.2) is 0 Å². The molecule has 1 fully saturated rings. The van der Waals surface area contributed by atoms with E-state index in [1.807, 2.05) is 13.3 Å². The Labute approximate surface area is 108 Å². The molecular formula is C14H20N4. The van der Waals surface area contributed by atoms with Gasteiger partial charge in [0.05, 0.1) is 28.9 Å². The van der Waals surface area contributed by atoms with Crippen LogP contribution in [0, 0.1) is 13.8 Å². The van der Waals surface area contributed by atoms with Gasteiger partial charge in [-0.3, -0.25) is 4.98 Å². The molecule has 2 aromatic heterocycles. The summed E-state index contributed by atoms with van der Waals surface area (Å²) in [5, 5.41) is 0. The third-order valence-electron chi connectivity index (χ3n) is 3.85. The SMILES string of the molecule is Cc1nc(C)c2ncn(C)c2c1N1CCCCC1. The molecule has 0 saturated carbocycles. The van der Waals surface area contributed by atoms with Crippen LogP contribution in [0.1, 0.15) is 30.7 Å². The normalized spacial score (nSPS) is 16.5. The Hall–Kier alpha value is -1.58. The summed E-state index contributed by atoms with van der Waals surface area (Å²) in [6, 6.07) is 0. The Kier molecular flexibility index (Phi) is 2.73. The number of fused-ring (bicyclic) bond motifs is 1. The highest BCUT2D eigenvalue weighted by molar-refractivity contribution is 5.91. The number of pyridine rings is 1. The maximum Gasteiger partial charge on any atom is 0.112 e. The van der Waals surface area contributed by atoms with Crippen LogP contribution in [0.15, 0.2) is 6.33 Å². The van der Waals surface area contributed by atoms with Crippen molar-refractivity contribution in [2.24, 2.45) is 7.05 Å². The van der Waals surface area contributed by atoms with E-state index in [4.69, 9.17) is 0 Å². The second-order valence-corrected chi connectivity index (χ2v) is 5.23. The molecule has 96 valence electrons. The summed E-state index contributed by atoms with van der Waals surface area (Å²) in [5.74, 6) is 0. The van der Waals surface area contributed by atoms with Crippen molar-refractivity contribution in [2.45, 2.75) is 33.1 Å². The van der Waals surface area contributed by atoms with E-state index in [0.717, 1.165) is 30.0 Å². The number of imidazole rings is 1. The molecule has 2 aromatic rings. The lowest BCUT2D eigenvalue weighted by Gasteiger charge is -2.30. The maximum absolute atomic E-state index is 4.67. The second kappa shape index (κ2) is 4.26. The lowest BCUT2D eigenvalue weighted by Crippen LogP contribution is -2.30. The first-order valence-electron chi connectivity index (χ1n) is 6.71. The van der Waals surface area contributed by atoms with Crippen molar-refractivity contribution in [3.05, 3.63) is 17.7 Å². The summed E-state index contributed by atoms with van der Waals surface area (Å²) in [4.78, 5) is 11.6. The summed E-state index contributed by atoms with van der Waals surface area (Å²) in [6.07, 6.45) is 5.81. The fraction of sp³-hybridized carbons (Fsp3) is 0.571. The third kappa shape index (κ3) is 1.67. The van der Waals surface area contributed by atoms with Gasteiger partial charge in [-0.1, -0.05) is 0 Å². The number of anilines is 1. The first-order chi connectivity index (χ1) is 8.68. The lowest BCUT2D eigenvalue weighted by atomic mass is 10.1. The molecular weight excluding hydrogens is 224 g/mol. The van der Waals surface area contributed by atoms with Gasteiger partial charge in [0.25, 0.3) is 0 Å². The highest BCUT2D eigenvalue weighted by Gasteiger charge is 2.20. The molecule has 0 amide bonds. The van der Waals surface area contributed by atoms with Crippen molar-refractivity contribution in [1.82, 2.24) is 14.5 Å². The highest BCUT2D eigenvalue weighted by Crippen LogP contribution is 2.31. The fourth-order valence-electron chi connectivity index (χ4n) is 3.00. The molecule has 3 rings (SSSR count). The number of hydrogen-bond acceptors (Lipinski definition) is 3. The second-order valence-electron chi connectivity index (χ2n) is 5.23. The first kappa shape index (κ1) is 11.5. The van der Waals surface area contributed by atoms with Crippen molar-refractivity contribution >= 4 is 16.7 Å². The zero-order valence-corrected chi connectivity index (χ0v) is 11.4. The minimum Gasteiger partial charge on any atom is -0.368 e. The fourth-order valence-corrected chi connectivity index (χ4v) is 3.00. The van der Waals surface area contributed by atoms with E-state index in [9.17, 15) is 0 Å². The molecule has 4 nitrogen and oxygen atoms in total. The van der Waals surface area contributed by atoms with Crippen LogP contribution in [-0.4, -0.2) is 27.6 Å². The van der Waals surface area contributed by atoms with Crippen molar-refractivity contribution in [2.75, 3.05) is 18.0 Å². The van der Waals surface area contributed by atoms with Crippen LogP contribution < -0.4 is 4.90 Å². The summed E-state index contributed by atoms with van der Waals surface area (Å²) in [7, 11) is 2.07. The van der Waals surface area contributed by atoms with Crippen molar-refractivity contribution < 1.29 is 0 Å². The molecule has 0 bridgehead atoms. The molecule has 18 heavy (non-hydrogen) atoms. The molecule has 1 aliphatic rings. The minimum absolute atomic E-state index is 1.03. The molecule has 1 aliphatic heterocycles. The predicted octanol–water partition coefficient (Wildman–Crippen LogP) is 2.58. The van der Waals surface area contributed by atoms with Gasteiger partial charge in [-0.15, -0.1) is 0 Å². The number of hydrogen-bond donors (Lipinski definition) is 0. The zero-order valence-electron chi connectivity index (χ0n) is 11.4. The average molecular weight is 244 g/mol. The van der Waals surface area contributed by atoms with E-state index in [1.165, 1.54) is 30.5 Å². The molecule has 0 radical (unpaired) electrons. The minimum atomic E-state index is 1.03. The summed E-state index contributed by atoms with van der Waals surface area (Å²) in [5.41, 5.74) is 5.73. The number of nitrogens with zero attached hydrogens (tertiary/aromatic N) is 4. The van der Waals surface area contributed by atoms with Crippen LogP contribution in [0.4, 0.5) is 5.69 Å². The van der Waals surface area contributed by atoms with Gasteiger partial charge in [0, 0.05) is 20.1 Å². The van der Waals surface area contributed by atoms with Gasteiger partial charge >= 0.3 is 0 Å². The van der Waals surface area contributed by atoms with Gasteiger partial charge in [0.1, 0.15) is 5.52 Å². The summed E-state index contributed by atoms with van der Waals surface area (Å²) in [6.45, 7) is 6.45. The van der Waals surface area contributed by atoms with Crippen LogP contribution in [-0.2, 0) is 7.05 Å². The van der Waals surface area contributed by atoms with Crippen LogP contribution in [0.5, 0.6) is 0 Å². The Morgan fingerprint density at radius 3 is 2.50 bits per heavy atom. The Balaban J connectivity index is 2.23. The van der Waals surface area contributed by atoms with Crippen LogP contribution in [0.25, 0.3) is 11.0 Å². The molecule has 3 heterocycles. The largest absolute Gasteiger partial charge is 0.368 e. The molecule has 4 heteroatoms. The van der Waals surface area contributed by atoms with Crippen LogP contribution >= 0.6 is 0 Å². The smallest absolute Gasteiger partial charge is 0.112 e. The highest BCUT2D eigenvalue weighted by atomic mass is 15.2. The zero-order chi connectivity index (χ0) is 12.7. The first-order valence-corrected chi connectivity index (χ1v) is 6.71. The predicted molar refractivity (Wildman–Crippen MR) is 74.0 cm³/mol. The Bertz CT molecular complexity index is 579. The van der Waals surface area contributed by atoms with Crippen molar-refractivity contribution in [3.8, 4) is 0 Å². The molecule has 1 saturated heterocycles. The molecule has 0 N–H and O–H groups in total. The molecule has 0 spiro atoms. The monoisotopic (exact) mass is 244 g/mol. The Morgan fingerprint density at radius 2 is 1.78 bits per heavy atom. The summed E-state index contributed by atoms with van der Waals surface area (Å²) < 4.78 is 2.13. The van der Waals surface area contributed by atoms with Gasteiger partial charge in [-0.05, 0) is 33.1 Å². The van der Waals surface area contributed by atoms with Gasteiger partial charge in [0.2, 0.25) is 0 Å². The molecule has 0 aliphatic carbocycles. The quantitative estimate of drug-likeness (QED) is 0.773. The van der Waals surface area contributed by atoms with Crippen LogP contribution in [0.3, 0.4) is 0 Å². The van der Waals surface area contributed by atoms with Gasteiger partial charge in [-0.25, -0.2) is 4.98 Å². The van der Waals surface area contributed by atoms with E-state index in [0.29, 0.717) is 0 Å². The van der Waals surface area contributed by atoms with E-state index in [-0.39, 0.29) is 0 Å². The summed E-state index contributed by atoms with van der Waals surface area (Å²) >= 11 is 0. The van der Waals surface area contributed by atoms with E-state index in [2.05, 4.69) is 33.4 Å². The van der Waals surface area contributed by atoms with Crippen molar-refractivity contribution in [1.29, 1.82) is 0 Å². The number of piperidine rings is 1. The molecule has 0 aromatic carbocycles. The van der Waals surface area contributed by atoms with Crippen molar-refractivity contribution in [3.63, 3.8) is 0 Å². The molecule has 0 unspecified atom stereocenters. The lowest BCUT2D eigenvalue weighted by molar-refractivity contribution is 0.577.